The van der Waals surface area contributed by atoms with E-state index in [2.05, 4.69) is 0 Å². The van der Waals surface area contributed by atoms with Crippen molar-refractivity contribution in [3.63, 3.8) is 0 Å². The van der Waals surface area contributed by atoms with E-state index in [0.29, 0.717) is 11.6 Å². The number of rotatable bonds is 3. The van der Waals surface area contributed by atoms with Crippen molar-refractivity contribution in [3.05, 3.63) is 42.0 Å². The van der Waals surface area contributed by atoms with Crippen molar-refractivity contribution in [2.75, 3.05) is 36.2 Å². The van der Waals surface area contributed by atoms with Crippen LogP contribution >= 0.6 is 23.5 Å². The maximum Gasteiger partial charge on any atom is 0.247 e. The minimum absolute atomic E-state index is 0.0800. The number of thioether (sulfide) groups is 2. The van der Waals surface area contributed by atoms with E-state index in [4.69, 9.17) is 0 Å². The largest absolute Gasteiger partial charge is 0.339 e. The molecule has 0 bridgehead atoms. The summed E-state index contributed by atoms with van der Waals surface area (Å²) in [4.78, 5) is 28.8. The van der Waals surface area contributed by atoms with E-state index >= 15 is 0 Å². The smallest absolute Gasteiger partial charge is 0.247 e. The molecule has 1 aromatic carbocycles. The summed E-state index contributed by atoms with van der Waals surface area (Å²) in [7, 11) is 0. The maximum absolute atomic E-state index is 12.7. The van der Waals surface area contributed by atoms with Crippen LogP contribution in [0.4, 0.5) is 0 Å². The number of carbonyl (C=O) groups is 2. The van der Waals surface area contributed by atoms with Gasteiger partial charge in [-0.3, -0.25) is 9.59 Å². The summed E-state index contributed by atoms with van der Waals surface area (Å²) in [6, 6.07) is 9.43. The molecule has 0 saturated carbocycles. The summed E-state index contributed by atoms with van der Waals surface area (Å²) in [5.74, 6) is 3.31. The zero-order chi connectivity index (χ0) is 16.1. The maximum atomic E-state index is 12.7. The Morgan fingerprint density at radius 1 is 1.09 bits per heavy atom. The van der Waals surface area contributed by atoms with Gasteiger partial charge in [-0.25, -0.2) is 0 Å². The minimum atomic E-state index is -0.309. The van der Waals surface area contributed by atoms with Crippen LogP contribution in [0.1, 0.15) is 5.56 Å². The second-order valence-corrected chi connectivity index (χ2v) is 7.73. The molecule has 4 nitrogen and oxygen atoms in total. The van der Waals surface area contributed by atoms with Crippen LogP contribution in [0.5, 0.6) is 0 Å². The standard InChI is InChI=1S/C17H20N2O2S2/c20-16(7-6-14-4-2-1-3-5-14)19-13-23-12-15(19)17(21)18-8-10-22-11-9-18/h1-7,15H,8-13H2. The van der Waals surface area contributed by atoms with Crippen LogP contribution in [0.3, 0.4) is 0 Å². The first-order valence-corrected chi connectivity index (χ1v) is 10.0. The molecule has 6 heteroatoms. The van der Waals surface area contributed by atoms with Crippen LogP contribution in [0.25, 0.3) is 6.08 Å². The molecule has 0 aromatic heterocycles. The second kappa shape index (κ2) is 7.93. The fraction of sp³-hybridized carbons (Fsp3) is 0.412. The first-order valence-electron chi connectivity index (χ1n) is 7.74. The Kier molecular flexibility index (Phi) is 5.67. The zero-order valence-corrected chi connectivity index (χ0v) is 14.5. The van der Waals surface area contributed by atoms with Gasteiger partial charge < -0.3 is 9.80 Å². The van der Waals surface area contributed by atoms with Crippen LogP contribution in [0, 0.1) is 0 Å². The van der Waals surface area contributed by atoms with E-state index in [1.165, 1.54) is 0 Å². The quantitative estimate of drug-likeness (QED) is 0.785. The van der Waals surface area contributed by atoms with Gasteiger partial charge in [-0.05, 0) is 11.6 Å². The molecule has 2 fully saturated rings. The summed E-state index contributed by atoms with van der Waals surface area (Å²) in [6.07, 6.45) is 3.39. The Hall–Kier alpha value is -1.40. The molecule has 0 radical (unpaired) electrons. The van der Waals surface area contributed by atoms with Gasteiger partial charge in [-0.15, -0.1) is 11.8 Å². The van der Waals surface area contributed by atoms with Gasteiger partial charge in [0.25, 0.3) is 0 Å². The molecule has 1 unspecified atom stereocenters. The number of hydrogen-bond donors (Lipinski definition) is 0. The highest BCUT2D eigenvalue weighted by molar-refractivity contribution is 7.99. The molecule has 1 atom stereocenters. The molecular weight excluding hydrogens is 328 g/mol. The molecule has 2 saturated heterocycles. The number of nitrogens with zero attached hydrogens (tertiary/aromatic N) is 2. The average Bonchev–Trinajstić information content (AvgIpc) is 3.10. The molecular formula is C17H20N2O2S2. The van der Waals surface area contributed by atoms with Gasteiger partial charge in [0.05, 0.1) is 5.88 Å². The first-order chi connectivity index (χ1) is 11.3. The van der Waals surface area contributed by atoms with Crippen LogP contribution in [-0.4, -0.2) is 63.9 Å². The van der Waals surface area contributed by atoms with E-state index < -0.39 is 0 Å². The van der Waals surface area contributed by atoms with Crippen molar-refractivity contribution in [2.45, 2.75) is 6.04 Å². The van der Waals surface area contributed by atoms with Gasteiger partial charge in [0.2, 0.25) is 11.8 Å². The number of benzene rings is 1. The summed E-state index contributed by atoms with van der Waals surface area (Å²) in [6.45, 7) is 1.60. The second-order valence-electron chi connectivity index (χ2n) is 5.51. The SMILES string of the molecule is O=C(C1CSCN1C(=O)C=Cc1ccccc1)N1CCSCC1. The predicted octanol–water partition coefficient (Wildman–Crippen LogP) is 2.18. The Bertz CT molecular complexity index is 586. The van der Waals surface area contributed by atoms with E-state index in [9.17, 15) is 9.59 Å². The van der Waals surface area contributed by atoms with Crippen LogP contribution in [0.2, 0.25) is 0 Å². The van der Waals surface area contributed by atoms with Crippen molar-refractivity contribution in [2.24, 2.45) is 0 Å². The lowest BCUT2D eigenvalue weighted by Gasteiger charge is -2.31. The van der Waals surface area contributed by atoms with Crippen LogP contribution < -0.4 is 0 Å². The Balaban J connectivity index is 1.64. The molecule has 3 rings (SSSR count). The number of carbonyl (C=O) groups excluding carboxylic acids is 2. The van der Waals surface area contributed by atoms with Crippen molar-refractivity contribution in [3.8, 4) is 0 Å². The molecule has 122 valence electrons. The lowest BCUT2D eigenvalue weighted by atomic mass is 10.2. The molecule has 0 spiro atoms. The van der Waals surface area contributed by atoms with Gasteiger partial charge in [-0.2, -0.15) is 11.8 Å². The summed E-state index contributed by atoms with van der Waals surface area (Å²) in [5, 5.41) is 0. The Morgan fingerprint density at radius 2 is 1.83 bits per heavy atom. The molecule has 2 aliphatic rings. The molecule has 2 heterocycles. The predicted molar refractivity (Wildman–Crippen MR) is 97.3 cm³/mol. The summed E-state index contributed by atoms with van der Waals surface area (Å²) >= 11 is 3.53. The van der Waals surface area contributed by atoms with Crippen molar-refractivity contribution >= 4 is 41.4 Å². The van der Waals surface area contributed by atoms with Crippen LogP contribution in [-0.2, 0) is 9.59 Å². The van der Waals surface area contributed by atoms with Gasteiger partial charge in [-0.1, -0.05) is 30.3 Å². The highest BCUT2D eigenvalue weighted by Crippen LogP contribution is 2.24. The molecule has 0 N–H and O–H groups in total. The molecule has 0 aliphatic carbocycles. The molecule has 2 aliphatic heterocycles. The Labute approximate surface area is 145 Å². The van der Waals surface area contributed by atoms with E-state index in [1.807, 2.05) is 53.1 Å². The van der Waals surface area contributed by atoms with E-state index in [0.717, 1.165) is 30.2 Å². The van der Waals surface area contributed by atoms with Gasteiger partial charge in [0.15, 0.2) is 0 Å². The number of hydrogen-bond acceptors (Lipinski definition) is 4. The monoisotopic (exact) mass is 348 g/mol. The lowest BCUT2D eigenvalue weighted by Crippen LogP contribution is -2.50. The molecule has 1 aromatic rings. The molecule has 23 heavy (non-hydrogen) atoms. The first kappa shape index (κ1) is 16.5. The van der Waals surface area contributed by atoms with E-state index in [1.54, 1.807) is 22.7 Å². The van der Waals surface area contributed by atoms with Crippen molar-refractivity contribution in [1.82, 2.24) is 9.80 Å². The third-order valence-corrected chi connectivity index (χ3v) is 5.95. The Morgan fingerprint density at radius 3 is 2.57 bits per heavy atom. The van der Waals surface area contributed by atoms with Gasteiger partial charge in [0.1, 0.15) is 6.04 Å². The third kappa shape index (κ3) is 4.12. The average molecular weight is 348 g/mol. The molecule has 2 amide bonds. The summed E-state index contributed by atoms with van der Waals surface area (Å²) < 4.78 is 0. The zero-order valence-electron chi connectivity index (χ0n) is 12.9. The summed E-state index contributed by atoms with van der Waals surface area (Å²) in [5.41, 5.74) is 0.989. The van der Waals surface area contributed by atoms with Crippen molar-refractivity contribution < 1.29 is 9.59 Å². The highest BCUT2D eigenvalue weighted by atomic mass is 32.2. The van der Waals surface area contributed by atoms with Gasteiger partial charge >= 0.3 is 0 Å². The van der Waals surface area contributed by atoms with Crippen molar-refractivity contribution in [1.29, 1.82) is 0 Å². The lowest BCUT2D eigenvalue weighted by molar-refractivity contribution is -0.140. The fourth-order valence-electron chi connectivity index (χ4n) is 2.69. The minimum Gasteiger partial charge on any atom is -0.339 e. The van der Waals surface area contributed by atoms with Crippen LogP contribution in [0.15, 0.2) is 36.4 Å². The number of amides is 2. The normalized spacial score (nSPS) is 21.8. The topological polar surface area (TPSA) is 40.6 Å². The highest BCUT2D eigenvalue weighted by Gasteiger charge is 2.36. The third-order valence-electron chi connectivity index (χ3n) is 3.99. The van der Waals surface area contributed by atoms with Gasteiger partial charge in [0, 0.05) is 36.4 Å². The fourth-order valence-corrected chi connectivity index (χ4v) is 4.74. The van der Waals surface area contributed by atoms with E-state index in [-0.39, 0.29) is 17.9 Å².